The minimum absolute atomic E-state index is 0.00238. The highest BCUT2D eigenvalue weighted by Crippen LogP contribution is 2.39. The van der Waals surface area contributed by atoms with Crippen LogP contribution in [-0.4, -0.2) is 184 Å². The molecule has 0 spiro atoms. The summed E-state index contributed by atoms with van der Waals surface area (Å²) in [5, 5.41) is 134. The van der Waals surface area contributed by atoms with Gasteiger partial charge in [-0.15, -0.1) is 0 Å². The van der Waals surface area contributed by atoms with E-state index in [0.717, 1.165) is 18.2 Å². The van der Waals surface area contributed by atoms with Crippen LogP contribution in [0.5, 0.6) is 28.7 Å². The van der Waals surface area contributed by atoms with Crippen LogP contribution in [0.4, 0.5) is 0 Å². The summed E-state index contributed by atoms with van der Waals surface area (Å²) in [7, 11) is 0. The van der Waals surface area contributed by atoms with Gasteiger partial charge in [-0.1, -0.05) is 12.1 Å². The standard InChI is InChI=1S/C42H46O23/c43-13-23-28(48)32(52)35(55)40(62-23)59-19-8-4-17(5-9-19)38-39(31(51)27-21(46)11-20(12-22(27)61-38)60-41-36(56)33(53)29(49)24(14-44)63-41)65-42-37(57)34(54)30(50)25(64-42)15-58-26(47)10-3-16-1-6-18(45)7-2-16/h1-12,23-25,28-30,32-37,40-46,48-50,52-57H,13-15H2/b10-3+/t23-,24?,25-,28-,29-,30-,32?,33+,34?,35?,36?,37?,40-,41-,42+/m1/s1. The first-order chi connectivity index (χ1) is 31.0. The van der Waals surface area contributed by atoms with Crippen molar-refractivity contribution in [1.29, 1.82) is 0 Å². The minimum Gasteiger partial charge on any atom is -0.508 e. The zero-order valence-corrected chi connectivity index (χ0v) is 33.6. The molecular weight excluding hydrogens is 872 g/mol. The van der Waals surface area contributed by atoms with Crippen LogP contribution < -0.4 is 19.6 Å². The fourth-order valence-corrected chi connectivity index (χ4v) is 7.14. The number of aliphatic hydroxyl groups excluding tert-OH is 11. The monoisotopic (exact) mass is 918 g/mol. The highest BCUT2D eigenvalue weighted by molar-refractivity contribution is 5.88. The van der Waals surface area contributed by atoms with Crippen LogP contribution in [0.3, 0.4) is 0 Å². The minimum atomic E-state index is -2.06. The number of ether oxygens (including phenoxy) is 7. The number of benzene rings is 3. The van der Waals surface area contributed by atoms with Crippen molar-refractivity contribution in [1.82, 2.24) is 0 Å². The Morgan fingerprint density at radius 3 is 1.66 bits per heavy atom. The molecule has 4 aromatic rings. The summed E-state index contributed by atoms with van der Waals surface area (Å²) in [5.74, 6) is -3.24. The SMILES string of the molecule is O=C(/C=C/c1ccc(O)cc1)OC[C@H]1O[C@@H](Oc2c(-c3ccc(O[C@@H]4O[C@H](CO)[C@@H](O)C(O)C4O)cc3)oc3cc(O[C@@H]4OC(CO)[C@@H](O)[C@H](O)C4O)cc(O)c3c2=O)C(O)C(O)[C@@H]1O. The number of esters is 1. The number of rotatable bonds is 13. The maximum Gasteiger partial charge on any atom is 0.330 e. The predicted octanol–water partition coefficient (Wildman–Crippen LogP) is -3.33. The second-order valence-corrected chi connectivity index (χ2v) is 15.2. The summed E-state index contributed by atoms with van der Waals surface area (Å²) in [6.07, 6.45) is -23.6. The van der Waals surface area contributed by atoms with E-state index in [2.05, 4.69) is 0 Å². The molecular formula is C42H46O23. The van der Waals surface area contributed by atoms with E-state index in [-0.39, 0.29) is 22.8 Å². The number of phenols is 2. The first-order valence-corrected chi connectivity index (χ1v) is 19.9. The highest BCUT2D eigenvalue weighted by Gasteiger charge is 2.48. The van der Waals surface area contributed by atoms with Crippen molar-refractivity contribution in [2.75, 3.05) is 19.8 Å². The molecule has 6 unspecified atom stereocenters. The number of aliphatic hydroxyl groups is 11. The number of carbonyl (C=O) groups excluding carboxylic acids is 1. The molecule has 352 valence electrons. The van der Waals surface area contributed by atoms with Gasteiger partial charge in [-0.05, 0) is 48.0 Å². The lowest BCUT2D eigenvalue weighted by Crippen LogP contribution is -2.60. The number of hydrogen-bond donors (Lipinski definition) is 13. The third kappa shape index (κ3) is 10.0. The summed E-state index contributed by atoms with van der Waals surface area (Å²) in [6.45, 7) is -2.20. The van der Waals surface area contributed by atoms with Gasteiger partial charge in [0, 0.05) is 23.8 Å². The number of hydrogen-bond acceptors (Lipinski definition) is 23. The van der Waals surface area contributed by atoms with Crippen LogP contribution >= 0.6 is 0 Å². The lowest BCUT2D eigenvalue weighted by molar-refractivity contribution is -0.278. The van der Waals surface area contributed by atoms with Crippen molar-refractivity contribution in [3.8, 4) is 40.1 Å². The molecule has 0 radical (unpaired) electrons. The van der Waals surface area contributed by atoms with E-state index in [1.165, 1.54) is 54.6 Å². The third-order valence-corrected chi connectivity index (χ3v) is 10.8. The van der Waals surface area contributed by atoms with Crippen molar-refractivity contribution < 1.29 is 109 Å². The van der Waals surface area contributed by atoms with E-state index in [4.69, 9.17) is 37.6 Å². The summed E-state index contributed by atoms with van der Waals surface area (Å²) in [5.41, 5.74) is -0.968. The van der Waals surface area contributed by atoms with Gasteiger partial charge in [-0.3, -0.25) is 4.79 Å². The molecule has 3 saturated heterocycles. The van der Waals surface area contributed by atoms with Crippen LogP contribution in [0.1, 0.15) is 5.56 Å². The van der Waals surface area contributed by atoms with Gasteiger partial charge in [0.15, 0.2) is 5.76 Å². The van der Waals surface area contributed by atoms with Crippen LogP contribution in [-0.2, 0) is 23.7 Å². The lowest BCUT2D eigenvalue weighted by atomic mass is 9.99. The molecule has 15 atom stereocenters. The van der Waals surface area contributed by atoms with E-state index in [9.17, 15) is 76.0 Å². The molecule has 3 aliphatic heterocycles. The van der Waals surface area contributed by atoms with Gasteiger partial charge in [0.2, 0.25) is 30.0 Å². The number of fused-ring (bicyclic) bond motifs is 1. The van der Waals surface area contributed by atoms with E-state index in [1.807, 2.05) is 0 Å². The third-order valence-electron chi connectivity index (χ3n) is 10.8. The smallest absolute Gasteiger partial charge is 0.330 e. The summed E-state index contributed by atoms with van der Waals surface area (Å²) < 4.78 is 45.0. The average molecular weight is 919 g/mol. The van der Waals surface area contributed by atoms with Crippen molar-refractivity contribution in [2.45, 2.75) is 92.1 Å². The fraction of sp³-hybridized carbons (Fsp3) is 0.429. The largest absolute Gasteiger partial charge is 0.508 e. The summed E-state index contributed by atoms with van der Waals surface area (Å²) in [6, 6.07) is 13.0. The Bertz CT molecular complexity index is 2350. The summed E-state index contributed by atoms with van der Waals surface area (Å²) in [4.78, 5) is 26.9. The molecule has 65 heavy (non-hydrogen) atoms. The van der Waals surface area contributed by atoms with Gasteiger partial charge < -0.3 is 104 Å². The van der Waals surface area contributed by atoms with Gasteiger partial charge in [-0.2, -0.15) is 0 Å². The van der Waals surface area contributed by atoms with Crippen molar-refractivity contribution in [3.05, 3.63) is 82.5 Å². The first-order valence-electron chi connectivity index (χ1n) is 19.9. The fourth-order valence-electron chi connectivity index (χ4n) is 7.14. The Hall–Kier alpha value is -5.48. The normalized spacial score (nSPS) is 32.9. The van der Waals surface area contributed by atoms with Gasteiger partial charge >= 0.3 is 5.97 Å². The number of aromatic hydroxyl groups is 2. The Balaban J connectivity index is 1.20. The van der Waals surface area contributed by atoms with Gasteiger partial charge in [-0.25, -0.2) is 4.79 Å². The molecule has 3 fully saturated rings. The maximum absolute atomic E-state index is 14.4. The highest BCUT2D eigenvalue weighted by atomic mass is 16.7. The zero-order valence-electron chi connectivity index (χ0n) is 33.6. The molecule has 23 heteroatoms. The predicted molar refractivity (Wildman–Crippen MR) is 214 cm³/mol. The molecule has 4 heterocycles. The van der Waals surface area contributed by atoms with Crippen LogP contribution in [0, 0.1) is 0 Å². The molecule has 3 aromatic carbocycles. The second-order valence-electron chi connectivity index (χ2n) is 15.2. The lowest BCUT2D eigenvalue weighted by Gasteiger charge is -2.39. The first kappa shape index (κ1) is 47.5. The molecule has 1 aromatic heterocycles. The van der Waals surface area contributed by atoms with Crippen LogP contribution in [0.2, 0.25) is 0 Å². The zero-order chi connectivity index (χ0) is 46.9. The Morgan fingerprint density at radius 2 is 1.11 bits per heavy atom. The molecule has 0 saturated carbocycles. The second kappa shape index (κ2) is 19.9. The Labute approximate surface area is 365 Å². The molecule has 13 N–H and O–H groups in total. The van der Waals surface area contributed by atoms with Gasteiger partial charge in [0.05, 0.1) is 13.2 Å². The molecule has 0 amide bonds. The topological polar surface area (TPSA) is 375 Å². The quantitative estimate of drug-likeness (QED) is 0.0461. The van der Waals surface area contributed by atoms with Gasteiger partial charge in [0.1, 0.15) is 114 Å². The molecule has 0 aliphatic carbocycles. The van der Waals surface area contributed by atoms with E-state index >= 15 is 0 Å². The maximum atomic E-state index is 14.4. The van der Waals surface area contributed by atoms with Crippen molar-refractivity contribution in [3.63, 3.8) is 0 Å². The molecule has 0 bridgehead atoms. The van der Waals surface area contributed by atoms with Gasteiger partial charge in [0.25, 0.3) is 0 Å². The van der Waals surface area contributed by atoms with Crippen molar-refractivity contribution >= 4 is 23.0 Å². The Morgan fingerprint density at radius 1 is 0.600 bits per heavy atom. The number of phenolic OH excluding ortho intramolecular Hbond substituents is 2. The number of carbonyl (C=O) groups is 1. The van der Waals surface area contributed by atoms with E-state index < -0.39 is 152 Å². The summed E-state index contributed by atoms with van der Waals surface area (Å²) >= 11 is 0. The van der Waals surface area contributed by atoms with E-state index in [0.29, 0.717) is 5.56 Å². The van der Waals surface area contributed by atoms with Crippen LogP contribution in [0.25, 0.3) is 28.4 Å². The van der Waals surface area contributed by atoms with Crippen LogP contribution in [0.15, 0.2) is 76.0 Å². The molecule has 3 aliphatic rings. The molecule has 7 rings (SSSR count). The van der Waals surface area contributed by atoms with Crippen molar-refractivity contribution in [2.24, 2.45) is 0 Å². The molecule has 23 nitrogen and oxygen atoms in total. The van der Waals surface area contributed by atoms with E-state index in [1.54, 1.807) is 0 Å². The Kier molecular flexibility index (Phi) is 14.6. The average Bonchev–Trinajstić information content (AvgIpc) is 3.29.